The number of benzene rings is 1. The van der Waals surface area contributed by atoms with E-state index in [0.717, 1.165) is 67.5 Å². The summed E-state index contributed by atoms with van der Waals surface area (Å²) < 4.78 is 1.79. The number of nitrogens with two attached hydrogens (primary N) is 1. The Kier molecular flexibility index (Phi) is 4.63. The number of nitrogens with one attached hydrogen (secondary N) is 1. The van der Waals surface area contributed by atoms with Crippen molar-refractivity contribution in [2.24, 2.45) is 0 Å². The van der Waals surface area contributed by atoms with Crippen molar-refractivity contribution in [1.29, 1.82) is 0 Å². The van der Waals surface area contributed by atoms with Crippen molar-refractivity contribution in [3.05, 3.63) is 50.1 Å². The largest absolute Gasteiger partial charge is 0.343 e. The number of hydrogen-bond acceptors (Lipinski definition) is 4. The number of likely N-dealkylation sites (N-methyl/N-ethyl adjacent to an activating group) is 1. The van der Waals surface area contributed by atoms with Crippen LogP contribution in [-0.4, -0.2) is 49.3 Å². The van der Waals surface area contributed by atoms with E-state index in [-0.39, 0.29) is 5.56 Å². The molecule has 1 fully saturated rings. The summed E-state index contributed by atoms with van der Waals surface area (Å²) in [6.45, 7) is 5.86. The summed E-state index contributed by atoms with van der Waals surface area (Å²) in [4.78, 5) is 24.7. The normalized spacial score (nSPS) is 19.8. The number of anilines is 1. The van der Waals surface area contributed by atoms with Gasteiger partial charge < -0.3 is 15.1 Å². The van der Waals surface area contributed by atoms with Crippen molar-refractivity contribution in [3.8, 4) is 5.69 Å². The number of piperazine rings is 1. The van der Waals surface area contributed by atoms with Crippen LogP contribution in [0.3, 0.4) is 0 Å². The maximum Gasteiger partial charge on any atom is 0.268 e. The smallest absolute Gasteiger partial charge is 0.268 e. The number of quaternary nitrogens is 2. The van der Waals surface area contributed by atoms with Gasteiger partial charge in [-0.05, 0) is 29.8 Å². The topological polar surface area (TPSA) is 59.2 Å². The maximum absolute atomic E-state index is 13.7. The minimum Gasteiger partial charge on any atom is -0.343 e. The Bertz CT molecular complexity index is 1080. The van der Waals surface area contributed by atoms with Crippen molar-refractivity contribution in [3.63, 3.8) is 0 Å². The van der Waals surface area contributed by atoms with E-state index in [1.165, 1.54) is 15.3 Å². The molecular weight excluding hydrogens is 394 g/mol. The second-order valence-corrected chi connectivity index (χ2v) is 9.22. The van der Waals surface area contributed by atoms with E-state index in [1.807, 2.05) is 24.3 Å². The Morgan fingerprint density at radius 1 is 1.21 bits per heavy atom. The predicted molar refractivity (Wildman–Crippen MR) is 113 cm³/mol. The molecule has 1 saturated heterocycles. The van der Waals surface area contributed by atoms with Crippen LogP contribution in [0.4, 0.5) is 5.95 Å². The molecule has 3 aromatic rings. The zero-order valence-electron chi connectivity index (χ0n) is 15.9. The van der Waals surface area contributed by atoms with Gasteiger partial charge in [0.2, 0.25) is 5.95 Å². The van der Waals surface area contributed by atoms with Crippen LogP contribution in [-0.2, 0) is 13.0 Å². The molecule has 1 atom stereocenters. The monoisotopic (exact) mass is 417 g/mol. The van der Waals surface area contributed by atoms with Crippen LogP contribution in [0, 0.1) is 0 Å². The highest BCUT2D eigenvalue weighted by atomic mass is 35.5. The summed E-state index contributed by atoms with van der Waals surface area (Å²) in [7, 11) is 2.21. The molecule has 1 unspecified atom stereocenters. The molecule has 0 saturated carbocycles. The van der Waals surface area contributed by atoms with Gasteiger partial charge in [0.05, 0.1) is 55.7 Å². The third-order valence-corrected chi connectivity index (χ3v) is 7.11. The molecule has 8 heteroatoms. The lowest BCUT2D eigenvalue weighted by molar-refractivity contribution is -0.895. The van der Waals surface area contributed by atoms with Gasteiger partial charge in [-0.2, -0.15) is 0 Å². The Labute approximate surface area is 172 Å². The molecule has 28 heavy (non-hydrogen) atoms. The molecule has 0 bridgehead atoms. The number of hydrogen-bond donors (Lipinski definition) is 2. The molecular formula is C20H24ClN5OS+2. The molecule has 6 nitrogen and oxygen atoms in total. The second-order valence-electron chi connectivity index (χ2n) is 7.70. The lowest BCUT2D eigenvalue weighted by Gasteiger charge is -2.28. The lowest BCUT2D eigenvalue weighted by Crippen LogP contribution is -3.08. The Hall–Kier alpha value is -1.93. The lowest BCUT2D eigenvalue weighted by atomic mass is 10.1. The number of nitrogens with zero attached hydrogens (tertiary/aromatic N) is 3. The van der Waals surface area contributed by atoms with E-state index in [0.29, 0.717) is 5.02 Å². The number of fused-ring (bicyclic) bond motifs is 3. The van der Waals surface area contributed by atoms with E-state index in [9.17, 15) is 4.79 Å². The van der Waals surface area contributed by atoms with Gasteiger partial charge in [-0.3, -0.25) is 4.79 Å². The predicted octanol–water partition coefficient (Wildman–Crippen LogP) is 0.0548. The number of rotatable bonds is 2. The van der Waals surface area contributed by atoms with Gasteiger partial charge in [-0.25, -0.2) is 9.55 Å². The third-order valence-electron chi connectivity index (χ3n) is 5.73. The zero-order valence-corrected chi connectivity index (χ0v) is 17.4. The number of thiophene rings is 1. The maximum atomic E-state index is 13.7. The highest BCUT2D eigenvalue weighted by molar-refractivity contribution is 7.18. The summed E-state index contributed by atoms with van der Waals surface area (Å²) in [5, 5.41) is 3.79. The SMILES string of the molecule is C[NH+]1CCc2c(sc3nc(N4CC[NH2+]CC4)n(-c4ccc(Cl)cc4)c(=O)c23)C1. The third kappa shape index (κ3) is 3.03. The van der Waals surface area contributed by atoms with Crippen LogP contribution < -0.4 is 20.7 Å². The minimum absolute atomic E-state index is 0.0499. The molecule has 0 radical (unpaired) electrons. The number of halogens is 1. The molecule has 0 spiro atoms. The molecule has 2 aliphatic heterocycles. The van der Waals surface area contributed by atoms with Crippen molar-refractivity contribution < 1.29 is 10.2 Å². The van der Waals surface area contributed by atoms with Crippen LogP contribution in [0.2, 0.25) is 5.02 Å². The summed E-state index contributed by atoms with van der Waals surface area (Å²) in [5.74, 6) is 0.757. The average molecular weight is 418 g/mol. The zero-order chi connectivity index (χ0) is 19.3. The molecule has 2 aromatic heterocycles. The van der Waals surface area contributed by atoms with Crippen LogP contribution >= 0.6 is 22.9 Å². The Morgan fingerprint density at radius 2 is 1.96 bits per heavy atom. The highest BCUT2D eigenvalue weighted by Crippen LogP contribution is 2.31. The Balaban J connectivity index is 1.77. The van der Waals surface area contributed by atoms with Crippen molar-refractivity contribution in [2.45, 2.75) is 13.0 Å². The van der Waals surface area contributed by atoms with Gasteiger partial charge in [0.15, 0.2) is 0 Å². The van der Waals surface area contributed by atoms with Gasteiger partial charge in [0, 0.05) is 11.4 Å². The van der Waals surface area contributed by atoms with Gasteiger partial charge in [-0.15, -0.1) is 11.3 Å². The molecule has 0 aliphatic carbocycles. The summed E-state index contributed by atoms with van der Waals surface area (Å²) in [6.07, 6.45) is 0.941. The standard InChI is InChI=1S/C20H22ClN5OS/c1-24-9-6-15-16(12-24)28-18-17(15)19(27)26(14-4-2-13(21)3-5-14)20(23-18)25-10-7-22-8-11-25/h2-5,22H,6-12H2,1H3/p+2. The summed E-state index contributed by atoms with van der Waals surface area (Å²) >= 11 is 7.80. The molecule has 2 aliphatic rings. The van der Waals surface area contributed by atoms with Crippen molar-refractivity contribution >= 4 is 39.1 Å². The molecule has 146 valence electrons. The van der Waals surface area contributed by atoms with Crippen LogP contribution in [0.15, 0.2) is 29.1 Å². The first-order valence-corrected chi connectivity index (χ1v) is 11.0. The van der Waals surface area contributed by atoms with Crippen LogP contribution in [0.25, 0.3) is 15.9 Å². The fourth-order valence-electron chi connectivity index (χ4n) is 4.23. The fourth-order valence-corrected chi connectivity index (χ4v) is 5.68. The fraction of sp³-hybridized carbons (Fsp3) is 0.400. The molecule has 5 rings (SSSR count). The molecule has 3 N–H and O–H groups in total. The van der Waals surface area contributed by atoms with Crippen LogP contribution in [0.5, 0.6) is 0 Å². The first-order chi connectivity index (χ1) is 13.6. The first-order valence-electron chi connectivity index (χ1n) is 9.83. The van der Waals surface area contributed by atoms with E-state index >= 15 is 0 Å². The quantitative estimate of drug-likeness (QED) is 0.619. The summed E-state index contributed by atoms with van der Waals surface area (Å²) in [5.41, 5.74) is 2.09. The van der Waals surface area contributed by atoms with Crippen molar-refractivity contribution in [1.82, 2.24) is 9.55 Å². The van der Waals surface area contributed by atoms with Gasteiger partial charge >= 0.3 is 0 Å². The average Bonchev–Trinajstić information content (AvgIpc) is 3.07. The minimum atomic E-state index is 0.0499. The van der Waals surface area contributed by atoms with E-state index in [4.69, 9.17) is 16.6 Å². The van der Waals surface area contributed by atoms with E-state index < -0.39 is 0 Å². The second kappa shape index (κ2) is 7.15. The van der Waals surface area contributed by atoms with Crippen molar-refractivity contribution in [2.75, 3.05) is 44.7 Å². The van der Waals surface area contributed by atoms with Gasteiger partial charge in [0.25, 0.3) is 5.56 Å². The van der Waals surface area contributed by atoms with Gasteiger partial charge in [0.1, 0.15) is 11.4 Å². The molecule has 1 aromatic carbocycles. The number of aromatic nitrogens is 2. The van der Waals surface area contributed by atoms with E-state index in [2.05, 4.69) is 17.3 Å². The molecule has 0 amide bonds. The summed E-state index contributed by atoms with van der Waals surface area (Å²) in [6, 6.07) is 7.49. The Morgan fingerprint density at radius 3 is 2.71 bits per heavy atom. The highest BCUT2D eigenvalue weighted by Gasteiger charge is 2.28. The van der Waals surface area contributed by atoms with E-state index in [1.54, 1.807) is 15.9 Å². The first kappa shape index (κ1) is 18.1. The van der Waals surface area contributed by atoms with Gasteiger partial charge in [-0.1, -0.05) is 11.6 Å². The molecule has 4 heterocycles. The van der Waals surface area contributed by atoms with Crippen LogP contribution in [0.1, 0.15) is 10.4 Å².